The zero-order valence-electron chi connectivity index (χ0n) is 10.4. The number of rotatable bonds is 5. The van der Waals surface area contributed by atoms with Gasteiger partial charge in [0.15, 0.2) is 0 Å². The lowest BCUT2D eigenvalue weighted by atomic mass is 10.2. The maximum atomic E-state index is 12.0. The minimum absolute atomic E-state index is 0.193. The molecular formula is C11H22N2O2S. The molecule has 0 radical (unpaired) electrons. The SMILES string of the molecule is CC1=CCCN(S(=O)(=O)CCNC(C)C)C1. The van der Waals surface area contributed by atoms with Crippen molar-refractivity contribution in [2.75, 3.05) is 25.4 Å². The summed E-state index contributed by atoms with van der Waals surface area (Å²) >= 11 is 0. The van der Waals surface area contributed by atoms with Crippen molar-refractivity contribution in [3.8, 4) is 0 Å². The first-order valence-corrected chi connectivity index (χ1v) is 7.39. The lowest BCUT2D eigenvalue weighted by Crippen LogP contribution is -2.40. The van der Waals surface area contributed by atoms with Crippen molar-refractivity contribution in [3.63, 3.8) is 0 Å². The maximum absolute atomic E-state index is 12.0. The number of hydrogen-bond donors (Lipinski definition) is 1. The van der Waals surface area contributed by atoms with Crippen LogP contribution < -0.4 is 5.32 Å². The lowest BCUT2D eigenvalue weighted by Gasteiger charge is -2.25. The minimum atomic E-state index is -3.08. The predicted molar refractivity (Wildman–Crippen MR) is 66.9 cm³/mol. The van der Waals surface area contributed by atoms with Crippen LogP contribution in [0.25, 0.3) is 0 Å². The topological polar surface area (TPSA) is 49.4 Å². The van der Waals surface area contributed by atoms with Gasteiger partial charge in [-0.1, -0.05) is 25.5 Å². The molecule has 16 heavy (non-hydrogen) atoms. The van der Waals surface area contributed by atoms with Gasteiger partial charge >= 0.3 is 0 Å². The normalized spacial score (nSPS) is 18.9. The Hall–Kier alpha value is -0.390. The van der Waals surface area contributed by atoms with Crippen molar-refractivity contribution in [1.29, 1.82) is 0 Å². The second kappa shape index (κ2) is 5.80. The van der Waals surface area contributed by atoms with E-state index < -0.39 is 10.0 Å². The average Bonchev–Trinajstić information content (AvgIpc) is 2.16. The molecule has 5 heteroatoms. The average molecular weight is 246 g/mol. The van der Waals surface area contributed by atoms with Crippen molar-refractivity contribution in [3.05, 3.63) is 11.6 Å². The molecule has 0 atom stereocenters. The lowest BCUT2D eigenvalue weighted by molar-refractivity contribution is 0.426. The highest BCUT2D eigenvalue weighted by molar-refractivity contribution is 7.89. The molecule has 94 valence electrons. The summed E-state index contributed by atoms with van der Waals surface area (Å²) in [6.45, 7) is 7.72. The monoisotopic (exact) mass is 246 g/mol. The Kier molecular flexibility index (Phi) is 4.95. The first-order chi connectivity index (χ1) is 7.42. The van der Waals surface area contributed by atoms with E-state index >= 15 is 0 Å². The van der Waals surface area contributed by atoms with Crippen molar-refractivity contribution in [2.45, 2.75) is 33.2 Å². The van der Waals surface area contributed by atoms with E-state index in [0.29, 0.717) is 25.7 Å². The van der Waals surface area contributed by atoms with E-state index in [1.54, 1.807) is 4.31 Å². The van der Waals surface area contributed by atoms with Crippen molar-refractivity contribution in [2.24, 2.45) is 0 Å². The van der Waals surface area contributed by atoms with Gasteiger partial charge in [0.2, 0.25) is 10.0 Å². The van der Waals surface area contributed by atoms with Gasteiger partial charge < -0.3 is 5.32 Å². The van der Waals surface area contributed by atoms with E-state index in [4.69, 9.17) is 0 Å². The first-order valence-electron chi connectivity index (χ1n) is 5.78. The molecule has 1 heterocycles. The zero-order valence-corrected chi connectivity index (χ0v) is 11.2. The molecule has 0 bridgehead atoms. The molecular weight excluding hydrogens is 224 g/mol. The summed E-state index contributed by atoms with van der Waals surface area (Å²) in [4.78, 5) is 0. The quantitative estimate of drug-likeness (QED) is 0.735. The number of nitrogens with zero attached hydrogens (tertiary/aromatic N) is 1. The summed E-state index contributed by atoms with van der Waals surface area (Å²) in [7, 11) is -3.08. The molecule has 1 aliphatic heterocycles. The van der Waals surface area contributed by atoms with E-state index in [-0.39, 0.29) is 5.75 Å². The summed E-state index contributed by atoms with van der Waals surface area (Å²) in [6, 6.07) is 0.332. The van der Waals surface area contributed by atoms with Crippen molar-refractivity contribution < 1.29 is 8.42 Å². The van der Waals surface area contributed by atoms with Crippen LogP contribution in [0.5, 0.6) is 0 Å². The standard InChI is InChI=1S/C11H22N2O2S/c1-10(2)12-6-8-16(14,15)13-7-4-5-11(3)9-13/h5,10,12H,4,6-9H2,1-3H3. The van der Waals surface area contributed by atoms with Crippen LogP contribution in [-0.4, -0.2) is 44.2 Å². The predicted octanol–water partition coefficient (Wildman–Crippen LogP) is 0.966. The largest absolute Gasteiger partial charge is 0.313 e. The zero-order chi connectivity index (χ0) is 12.2. The van der Waals surface area contributed by atoms with Crippen LogP contribution in [0.1, 0.15) is 27.2 Å². The van der Waals surface area contributed by atoms with E-state index in [9.17, 15) is 8.42 Å². The molecule has 0 aromatic carbocycles. The maximum Gasteiger partial charge on any atom is 0.215 e. The Labute approximate surface area is 98.8 Å². The van der Waals surface area contributed by atoms with Gasteiger partial charge in [0, 0.05) is 25.7 Å². The fraction of sp³-hybridized carbons (Fsp3) is 0.818. The van der Waals surface area contributed by atoms with Gasteiger partial charge in [-0.3, -0.25) is 0 Å². The number of nitrogens with one attached hydrogen (secondary N) is 1. The third-order valence-corrected chi connectivity index (χ3v) is 4.42. The second-order valence-corrected chi connectivity index (χ2v) is 6.69. The van der Waals surface area contributed by atoms with Crippen LogP contribution in [-0.2, 0) is 10.0 Å². The molecule has 4 nitrogen and oxygen atoms in total. The van der Waals surface area contributed by atoms with Gasteiger partial charge in [-0.05, 0) is 13.3 Å². The highest BCUT2D eigenvalue weighted by Gasteiger charge is 2.23. The molecule has 1 N–H and O–H groups in total. The van der Waals surface area contributed by atoms with Gasteiger partial charge in [0.25, 0.3) is 0 Å². The van der Waals surface area contributed by atoms with Gasteiger partial charge in [0.05, 0.1) is 5.75 Å². The highest BCUT2D eigenvalue weighted by atomic mass is 32.2. The number of sulfonamides is 1. The van der Waals surface area contributed by atoms with Crippen LogP contribution in [0.2, 0.25) is 0 Å². The van der Waals surface area contributed by atoms with Crippen LogP contribution in [0.15, 0.2) is 11.6 Å². The minimum Gasteiger partial charge on any atom is -0.313 e. The number of hydrogen-bond acceptors (Lipinski definition) is 3. The molecule has 0 saturated carbocycles. The van der Waals surface area contributed by atoms with Gasteiger partial charge in [-0.25, -0.2) is 8.42 Å². The van der Waals surface area contributed by atoms with Crippen LogP contribution >= 0.6 is 0 Å². The van der Waals surface area contributed by atoms with Crippen molar-refractivity contribution >= 4 is 10.0 Å². The smallest absolute Gasteiger partial charge is 0.215 e. The summed E-state index contributed by atoms with van der Waals surface area (Å²) in [5.74, 6) is 0.193. The molecule has 0 amide bonds. The molecule has 0 saturated heterocycles. The fourth-order valence-corrected chi connectivity index (χ4v) is 3.14. The summed E-state index contributed by atoms with van der Waals surface area (Å²) < 4.78 is 25.5. The molecule has 0 fully saturated rings. The van der Waals surface area contributed by atoms with Gasteiger partial charge in [-0.15, -0.1) is 0 Å². The van der Waals surface area contributed by atoms with Crippen LogP contribution in [0, 0.1) is 0 Å². The molecule has 0 aromatic heterocycles. The molecule has 1 aliphatic rings. The summed E-state index contributed by atoms with van der Waals surface area (Å²) in [6.07, 6.45) is 2.95. The Morgan fingerprint density at radius 1 is 1.50 bits per heavy atom. The third kappa shape index (κ3) is 4.23. The van der Waals surface area contributed by atoms with Crippen molar-refractivity contribution in [1.82, 2.24) is 9.62 Å². The Bertz CT molecular complexity index is 347. The molecule has 1 rings (SSSR count). The van der Waals surface area contributed by atoms with Gasteiger partial charge in [0.1, 0.15) is 0 Å². The Balaban J connectivity index is 2.48. The van der Waals surface area contributed by atoms with Crippen LogP contribution in [0.4, 0.5) is 0 Å². The Morgan fingerprint density at radius 2 is 2.19 bits per heavy atom. The molecule has 0 unspecified atom stereocenters. The van der Waals surface area contributed by atoms with E-state index in [2.05, 4.69) is 11.4 Å². The first kappa shape index (κ1) is 13.7. The Morgan fingerprint density at radius 3 is 2.75 bits per heavy atom. The molecule has 0 spiro atoms. The van der Waals surface area contributed by atoms with E-state index in [1.165, 1.54) is 0 Å². The summed E-state index contributed by atoms with van der Waals surface area (Å²) in [5, 5.41) is 3.13. The molecule has 0 aromatic rings. The second-order valence-electron chi connectivity index (χ2n) is 4.60. The third-order valence-electron chi connectivity index (χ3n) is 2.60. The van der Waals surface area contributed by atoms with E-state index in [0.717, 1.165) is 12.0 Å². The molecule has 0 aliphatic carbocycles. The van der Waals surface area contributed by atoms with E-state index in [1.807, 2.05) is 20.8 Å². The van der Waals surface area contributed by atoms with Crippen LogP contribution in [0.3, 0.4) is 0 Å². The van der Waals surface area contributed by atoms with Gasteiger partial charge in [-0.2, -0.15) is 4.31 Å². The summed E-state index contributed by atoms with van der Waals surface area (Å²) in [5.41, 5.74) is 1.15. The fourth-order valence-electron chi connectivity index (χ4n) is 1.72. The highest BCUT2D eigenvalue weighted by Crippen LogP contribution is 2.13.